The monoisotopic (exact) mass is 460 g/mol. The van der Waals surface area contributed by atoms with E-state index in [-0.39, 0.29) is 17.4 Å². The summed E-state index contributed by atoms with van der Waals surface area (Å²) < 4.78 is 0. The molecule has 0 bridgehead atoms. The van der Waals surface area contributed by atoms with E-state index in [1.165, 1.54) is 0 Å². The number of hydrogen-bond donors (Lipinski definition) is 1. The number of carbonyl (C=O) groups is 2. The van der Waals surface area contributed by atoms with Gasteiger partial charge in [-0.2, -0.15) is 0 Å². The molecule has 4 nitrogen and oxygen atoms in total. The Labute approximate surface area is 195 Å². The van der Waals surface area contributed by atoms with Crippen LogP contribution in [0.2, 0.25) is 5.02 Å². The van der Waals surface area contributed by atoms with Crippen molar-refractivity contribution in [1.29, 1.82) is 0 Å². The Hall–Kier alpha value is -1.98. The number of nitrogens with one attached hydrogen (secondary N) is 1. The number of benzene rings is 2. The summed E-state index contributed by atoms with van der Waals surface area (Å²) in [5.74, 6) is 0.946. The summed E-state index contributed by atoms with van der Waals surface area (Å²) in [7, 11) is 0. The molecule has 2 amide bonds. The van der Waals surface area contributed by atoms with Crippen LogP contribution < -0.4 is 5.32 Å². The summed E-state index contributed by atoms with van der Waals surface area (Å²) in [4.78, 5) is 27.9. The highest BCUT2D eigenvalue weighted by Crippen LogP contribution is 2.18. The first kappa shape index (κ1) is 25.3. The van der Waals surface area contributed by atoms with Gasteiger partial charge < -0.3 is 10.2 Å². The van der Waals surface area contributed by atoms with E-state index in [4.69, 9.17) is 11.6 Å². The molecule has 6 heteroatoms. The van der Waals surface area contributed by atoms with Gasteiger partial charge in [0.2, 0.25) is 11.8 Å². The molecule has 168 valence electrons. The molecule has 0 spiro atoms. The highest BCUT2D eigenvalue weighted by atomic mass is 35.5. The van der Waals surface area contributed by atoms with E-state index >= 15 is 0 Å². The molecule has 0 saturated carbocycles. The largest absolute Gasteiger partial charge is 0.350 e. The van der Waals surface area contributed by atoms with Gasteiger partial charge in [0.05, 0.1) is 5.75 Å². The third kappa shape index (κ3) is 8.96. The van der Waals surface area contributed by atoms with E-state index < -0.39 is 6.04 Å². The molecule has 0 aliphatic carbocycles. The SMILES string of the molecule is CC[C@@H](C(=O)NC(C)(C)C)N(CCc1ccccc1)C(=O)CSCc1ccc(Cl)cc1. The zero-order chi connectivity index (χ0) is 22.9. The molecular formula is C25H33ClN2O2S. The Kier molecular flexibility index (Phi) is 9.92. The average molecular weight is 461 g/mol. The van der Waals surface area contributed by atoms with Gasteiger partial charge >= 0.3 is 0 Å². The quantitative estimate of drug-likeness (QED) is 0.520. The van der Waals surface area contributed by atoms with E-state index in [0.717, 1.165) is 16.9 Å². The van der Waals surface area contributed by atoms with E-state index in [0.29, 0.717) is 30.2 Å². The van der Waals surface area contributed by atoms with Gasteiger partial charge in [-0.3, -0.25) is 9.59 Å². The summed E-state index contributed by atoms with van der Waals surface area (Å²) in [6.07, 6.45) is 1.29. The Morgan fingerprint density at radius 1 is 1.03 bits per heavy atom. The smallest absolute Gasteiger partial charge is 0.243 e. The maximum absolute atomic E-state index is 13.2. The lowest BCUT2D eigenvalue weighted by atomic mass is 10.1. The van der Waals surface area contributed by atoms with Crippen LogP contribution in [0.25, 0.3) is 0 Å². The lowest BCUT2D eigenvalue weighted by Crippen LogP contribution is -2.54. The predicted molar refractivity (Wildman–Crippen MR) is 131 cm³/mol. The third-order valence-electron chi connectivity index (χ3n) is 4.78. The maximum Gasteiger partial charge on any atom is 0.243 e. The molecule has 1 atom stereocenters. The highest BCUT2D eigenvalue weighted by Gasteiger charge is 2.30. The molecule has 0 fully saturated rings. The predicted octanol–water partition coefficient (Wildman–Crippen LogP) is 5.34. The minimum atomic E-state index is -0.480. The van der Waals surface area contributed by atoms with Crippen LogP contribution in [0.3, 0.4) is 0 Å². The first-order chi connectivity index (χ1) is 14.7. The number of nitrogens with zero attached hydrogens (tertiary/aromatic N) is 1. The lowest BCUT2D eigenvalue weighted by molar-refractivity contribution is -0.139. The van der Waals surface area contributed by atoms with E-state index in [1.807, 2.05) is 82.3 Å². The molecule has 1 N–H and O–H groups in total. The second-order valence-electron chi connectivity index (χ2n) is 8.61. The van der Waals surface area contributed by atoms with Gasteiger partial charge in [0.1, 0.15) is 6.04 Å². The third-order valence-corrected chi connectivity index (χ3v) is 6.02. The molecule has 0 radical (unpaired) electrons. The molecule has 0 aromatic heterocycles. The number of amides is 2. The van der Waals surface area contributed by atoms with Crippen LogP contribution in [-0.2, 0) is 21.8 Å². The van der Waals surface area contributed by atoms with Crippen molar-refractivity contribution in [2.45, 2.75) is 57.9 Å². The minimum absolute atomic E-state index is 0.00851. The molecule has 0 aliphatic rings. The van der Waals surface area contributed by atoms with Crippen molar-refractivity contribution in [3.63, 3.8) is 0 Å². The molecule has 0 unspecified atom stereocenters. The van der Waals surface area contributed by atoms with Crippen LogP contribution in [0.4, 0.5) is 0 Å². The number of hydrogen-bond acceptors (Lipinski definition) is 3. The van der Waals surface area contributed by atoms with E-state index in [2.05, 4.69) is 5.32 Å². The first-order valence-corrected chi connectivity index (χ1v) is 12.2. The van der Waals surface area contributed by atoms with Crippen LogP contribution in [0, 0.1) is 0 Å². The van der Waals surface area contributed by atoms with Crippen molar-refractivity contribution in [2.24, 2.45) is 0 Å². The molecule has 0 aliphatic heterocycles. The van der Waals surface area contributed by atoms with Gasteiger partial charge in [-0.25, -0.2) is 0 Å². The fourth-order valence-corrected chi connectivity index (χ4v) is 4.27. The first-order valence-electron chi connectivity index (χ1n) is 10.7. The summed E-state index contributed by atoms with van der Waals surface area (Å²) in [6, 6.07) is 17.2. The highest BCUT2D eigenvalue weighted by molar-refractivity contribution is 7.99. The standard InChI is InChI=1S/C25H33ClN2O2S/c1-5-22(24(30)27-25(2,3)4)28(16-15-19-9-7-6-8-10-19)23(29)18-31-17-20-11-13-21(26)14-12-20/h6-14,22H,5,15-18H2,1-4H3,(H,27,30)/t22-/m0/s1. The van der Waals surface area contributed by atoms with Crippen molar-refractivity contribution >= 4 is 35.2 Å². The molecular weight excluding hydrogens is 428 g/mol. The lowest BCUT2D eigenvalue weighted by Gasteiger charge is -2.33. The molecule has 0 saturated heterocycles. The fraction of sp³-hybridized carbons (Fsp3) is 0.440. The fourth-order valence-electron chi connectivity index (χ4n) is 3.27. The van der Waals surface area contributed by atoms with Crippen molar-refractivity contribution in [3.05, 3.63) is 70.7 Å². The number of thioether (sulfide) groups is 1. The van der Waals surface area contributed by atoms with Crippen molar-refractivity contribution in [3.8, 4) is 0 Å². The van der Waals surface area contributed by atoms with Crippen LogP contribution in [0.5, 0.6) is 0 Å². The minimum Gasteiger partial charge on any atom is -0.350 e. The van der Waals surface area contributed by atoms with Crippen LogP contribution >= 0.6 is 23.4 Å². The second-order valence-corrected chi connectivity index (χ2v) is 10.0. The number of rotatable bonds is 10. The van der Waals surface area contributed by atoms with Crippen LogP contribution in [0.15, 0.2) is 54.6 Å². The Balaban J connectivity index is 2.07. The summed E-state index contributed by atoms with van der Waals surface area (Å²) in [6.45, 7) is 8.33. The van der Waals surface area contributed by atoms with Gasteiger partial charge in [-0.1, -0.05) is 61.0 Å². The Morgan fingerprint density at radius 3 is 2.26 bits per heavy atom. The van der Waals surface area contributed by atoms with E-state index in [9.17, 15) is 9.59 Å². The molecule has 2 aromatic rings. The Morgan fingerprint density at radius 2 is 1.68 bits per heavy atom. The summed E-state index contributed by atoms with van der Waals surface area (Å²) in [5, 5.41) is 3.74. The number of halogens is 1. The Bertz CT molecular complexity index is 835. The average Bonchev–Trinajstić information content (AvgIpc) is 2.71. The summed E-state index contributed by atoms with van der Waals surface area (Å²) >= 11 is 7.50. The number of carbonyl (C=O) groups excluding carboxylic acids is 2. The van der Waals surface area contributed by atoms with Crippen molar-refractivity contribution < 1.29 is 9.59 Å². The summed E-state index contributed by atoms with van der Waals surface area (Å²) in [5.41, 5.74) is 1.93. The topological polar surface area (TPSA) is 49.4 Å². The normalized spacial score (nSPS) is 12.3. The second kappa shape index (κ2) is 12.2. The van der Waals surface area contributed by atoms with Gasteiger partial charge in [0.15, 0.2) is 0 Å². The van der Waals surface area contributed by atoms with Gasteiger partial charge in [-0.05, 0) is 56.9 Å². The van der Waals surface area contributed by atoms with Gasteiger partial charge in [-0.15, -0.1) is 11.8 Å². The maximum atomic E-state index is 13.2. The zero-order valence-electron chi connectivity index (χ0n) is 18.9. The molecule has 31 heavy (non-hydrogen) atoms. The van der Waals surface area contributed by atoms with Gasteiger partial charge in [0, 0.05) is 22.9 Å². The zero-order valence-corrected chi connectivity index (χ0v) is 20.4. The molecule has 0 heterocycles. The molecule has 2 aromatic carbocycles. The van der Waals surface area contributed by atoms with Crippen LogP contribution in [-0.4, -0.2) is 40.6 Å². The van der Waals surface area contributed by atoms with Crippen molar-refractivity contribution in [2.75, 3.05) is 12.3 Å². The van der Waals surface area contributed by atoms with E-state index in [1.54, 1.807) is 16.7 Å². The molecule has 2 rings (SSSR count). The van der Waals surface area contributed by atoms with Crippen molar-refractivity contribution in [1.82, 2.24) is 10.2 Å². The van der Waals surface area contributed by atoms with Gasteiger partial charge in [0.25, 0.3) is 0 Å². The van der Waals surface area contributed by atoms with Crippen LogP contribution in [0.1, 0.15) is 45.2 Å².